The zero-order valence-electron chi connectivity index (χ0n) is 48.2. The van der Waals surface area contributed by atoms with Gasteiger partial charge in [-0.2, -0.15) is 0 Å². The van der Waals surface area contributed by atoms with Crippen LogP contribution in [0.1, 0.15) is 227 Å². The van der Waals surface area contributed by atoms with Crippen LogP contribution in [-0.4, -0.2) is 146 Å². The van der Waals surface area contributed by atoms with Crippen molar-refractivity contribution < 1.29 is 57.3 Å². The predicted octanol–water partition coefficient (Wildman–Crippen LogP) is 10.4. The van der Waals surface area contributed by atoms with E-state index in [4.69, 9.17) is 14.2 Å². The van der Waals surface area contributed by atoms with Crippen molar-refractivity contribution in [2.75, 3.05) is 73.2 Å². The molecule has 0 N–H and O–H groups in total. The molecule has 432 valence electrons. The molecule has 0 spiro atoms. The van der Waals surface area contributed by atoms with Crippen LogP contribution < -0.4 is 0 Å². The maximum absolute atomic E-state index is 11.9. The van der Waals surface area contributed by atoms with E-state index < -0.39 is 0 Å². The van der Waals surface area contributed by atoms with E-state index in [0.29, 0.717) is 71.1 Å². The summed E-state index contributed by atoms with van der Waals surface area (Å²) in [7, 11) is 2.76. The molecule has 4 heterocycles. The summed E-state index contributed by atoms with van der Waals surface area (Å²) in [5, 5.41) is 0. The van der Waals surface area contributed by atoms with Crippen molar-refractivity contribution in [3.05, 3.63) is 0 Å². The van der Waals surface area contributed by atoms with E-state index in [2.05, 4.69) is 32.4 Å². The molecular formula is C59H104N4O12. The number of methoxy groups -OCH3 is 2. The number of likely N-dealkylation sites (tertiary alicyclic amines) is 4. The average molecular weight is 1060 g/mol. The summed E-state index contributed by atoms with van der Waals surface area (Å²) in [5.74, 6) is -1.42. The summed E-state index contributed by atoms with van der Waals surface area (Å²) in [6, 6.07) is 0.371. The Kier molecular flexibility index (Phi) is 36.5. The Morgan fingerprint density at radius 3 is 1.09 bits per heavy atom. The molecule has 0 aromatic carbocycles. The second-order valence-corrected chi connectivity index (χ2v) is 21.5. The first kappa shape index (κ1) is 66.9. The van der Waals surface area contributed by atoms with Crippen molar-refractivity contribution in [1.82, 2.24) is 19.6 Å². The largest absolute Gasteiger partial charge is 0.469 e. The molecule has 0 aromatic heterocycles. The molecule has 5 fully saturated rings. The number of unbranched alkanes of at least 4 members (excludes halogenated alkanes) is 16. The van der Waals surface area contributed by atoms with Crippen LogP contribution in [0.4, 0.5) is 0 Å². The molecule has 1 aliphatic carbocycles. The molecular weight excluding hydrogens is 957 g/mol. The fourth-order valence-corrected chi connectivity index (χ4v) is 10.4. The molecule has 0 radical (unpaired) electrons. The molecule has 4 amide bonds. The molecule has 4 aliphatic heterocycles. The quantitative estimate of drug-likeness (QED) is 0.0364. The van der Waals surface area contributed by atoms with Gasteiger partial charge in [-0.3, -0.25) is 38.4 Å². The van der Waals surface area contributed by atoms with Crippen molar-refractivity contribution in [3.8, 4) is 0 Å². The molecule has 16 heteroatoms. The van der Waals surface area contributed by atoms with Crippen LogP contribution in [0, 0.1) is 23.7 Å². The van der Waals surface area contributed by atoms with Crippen LogP contribution in [0.15, 0.2) is 0 Å². The van der Waals surface area contributed by atoms with Gasteiger partial charge in [0.25, 0.3) is 0 Å². The number of carbonyl (C=O) groups is 8. The van der Waals surface area contributed by atoms with Crippen molar-refractivity contribution >= 4 is 47.5 Å². The number of esters is 4. The Labute approximate surface area is 453 Å². The number of amides is 4. The second-order valence-electron chi connectivity index (χ2n) is 21.5. The van der Waals surface area contributed by atoms with E-state index in [1.807, 2.05) is 21.6 Å². The first-order chi connectivity index (χ1) is 36.3. The van der Waals surface area contributed by atoms with Crippen LogP contribution in [0.5, 0.6) is 0 Å². The monoisotopic (exact) mass is 1060 g/mol. The Bertz CT molecular complexity index is 1660. The van der Waals surface area contributed by atoms with E-state index >= 15 is 0 Å². The van der Waals surface area contributed by atoms with Gasteiger partial charge in [-0.1, -0.05) is 157 Å². The lowest BCUT2D eigenvalue weighted by Gasteiger charge is -2.31. The summed E-state index contributed by atoms with van der Waals surface area (Å²) < 4.78 is 19.7. The molecule has 75 heavy (non-hydrogen) atoms. The van der Waals surface area contributed by atoms with Gasteiger partial charge in [0.15, 0.2) is 0 Å². The van der Waals surface area contributed by atoms with Gasteiger partial charge in [0.05, 0.1) is 51.1 Å². The van der Waals surface area contributed by atoms with Crippen LogP contribution in [0.2, 0.25) is 0 Å². The van der Waals surface area contributed by atoms with Crippen molar-refractivity contribution in [2.45, 2.75) is 233 Å². The van der Waals surface area contributed by atoms with E-state index in [1.54, 1.807) is 4.90 Å². The zero-order chi connectivity index (χ0) is 55.2. The lowest BCUT2D eigenvalue weighted by atomic mass is 9.94. The van der Waals surface area contributed by atoms with Crippen molar-refractivity contribution in [2.24, 2.45) is 23.7 Å². The first-order valence-electron chi connectivity index (χ1n) is 29.9. The van der Waals surface area contributed by atoms with Gasteiger partial charge < -0.3 is 38.5 Å². The minimum Gasteiger partial charge on any atom is -0.469 e. The summed E-state index contributed by atoms with van der Waals surface area (Å²) in [5.41, 5.74) is 0. The van der Waals surface area contributed by atoms with Gasteiger partial charge >= 0.3 is 23.9 Å². The molecule has 0 bridgehead atoms. The molecule has 4 saturated heterocycles. The Morgan fingerprint density at radius 2 is 0.720 bits per heavy atom. The third-order valence-electron chi connectivity index (χ3n) is 15.1. The number of hydrogen-bond acceptors (Lipinski definition) is 12. The number of hydrogen-bond donors (Lipinski definition) is 0. The van der Waals surface area contributed by atoms with Crippen LogP contribution in [-0.2, 0) is 57.3 Å². The fourth-order valence-electron chi connectivity index (χ4n) is 10.4. The zero-order valence-corrected chi connectivity index (χ0v) is 48.2. The highest BCUT2D eigenvalue weighted by molar-refractivity contribution is 5.88. The third kappa shape index (κ3) is 27.1. The smallest absolute Gasteiger partial charge is 0.311 e. The van der Waals surface area contributed by atoms with Crippen LogP contribution in [0.3, 0.4) is 0 Å². The van der Waals surface area contributed by atoms with E-state index in [-0.39, 0.29) is 71.2 Å². The summed E-state index contributed by atoms with van der Waals surface area (Å²) in [6.45, 7) is 16.2. The fraction of sp³-hybridized carbons (Fsp3) is 0.864. The average Bonchev–Trinajstić information content (AvgIpc) is 4.21. The van der Waals surface area contributed by atoms with Gasteiger partial charge in [-0.25, -0.2) is 0 Å². The highest BCUT2D eigenvalue weighted by Crippen LogP contribution is 2.29. The molecule has 5 aliphatic rings. The minimum absolute atomic E-state index is 0.0963. The maximum Gasteiger partial charge on any atom is 0.311 e. The Hall–Kier alpha value is -4.24. The maximum atomic E-state index is 11.9. The van der Waals surface area contributed by atoms with E-state index in [9.17, 15) is 38.4 Å². The van der Waals surface area contributed by atoms with Crippen molar-refractivity contribution in [3.63, 3.8) is 0 Å². The molecule has 1 saturated carbocycles. The van der Waals surface area contributed by atoms with E-state index in [1.165, 1.54) is 130 Å². The molecule has 4 unspecified atom stereocenters. The summed E-state index contributed by atoms with van der Waals surface area (Å²) >= 11 is 0. The van der Waals surface area contributed by atoms with Gasteiger partial charge in [0.2, 0.25) is 23.6 Å². The normalized spacial score (nSPS) is 20.5. The molecule has 4 atom stereocenters. The SMILES string of the molecule is CCCCCCCCN1CC(C(=O)OC)CC1=O.CCCCCCCCN1CC(C(=O)OCCC)CC1=O.CCCCCCCCN1CC(C(=O)OCCCC)CC1=O.COC(=O)C1CC(=O)N(C2CCCCC2)C1. The Morgan fingerprint density at radius 1 is 0.387 bits per heavy atom. The summed E-state index contributed by atoms with van der Waals surface area (Å²) in [6.07, 6.45) is 31.9. The predicted molar refractivity (Wildman–Crippen MR) is 292 cm³/mol. The van der Waals surface area contributed by atoms with Gasteiger partial charge in [0.1, 0.15) is 0 Å². The second kappa shape index (κ2) is 40.9. The standard InChI is InChI=1S/C17H31NO3.C16H29NO3.C14H25NO3.C12H19NO3/c1-3-5-7-8-9-10-11-18-14-15(13-16(18)19)17(20)21-12-6-4-2;1-3-5-6-7-8-9-10-17-13-14(12-15(17)18)16(19)20-11-4-2;1-3-4-5-6-7-8-9-15-11-12(10-13(15)16)14(17)18-2;1-16-12(15)9-7-11(14)13(8-9)10-5-3-2-4-6-10/h15H,3-14H2,1-2H3;14H,3-13H2,1-2H3;12H,3-11H2,1-2H3;9-10H,2-8H2,1H3. The third-order valence-corrected chi connectivity index (χ3v) is 15.1. The van der Waals surface area contributed by atoms with Crippen LogP contribution in [0.25, 0.3) is 0 Å². The highest BCUT2D eigenvalue weighted by Gasteiger charge is 2.39. The highest BCUT2D eigenvalue weighted by atomic mass is 16.5. The summed E-state index contributed by atoms with van der Waals surface area (Å²) in [4.78, 5) is 101. The minimum atomic E-state index is -0.256. The molecule has 5 rings (SSSR count). The topological polar surface area (TPSA) is 186 Å². The number of ether oxygens (including phenoxy) is 4. The lowest BCUT2D eigenvalue weighted by Crippen LogP contribution is -2.38. The number of nitrogens with zero attached hydrogens (tertiary/aromatic N) is 4. The number of rotatable bonds is 31. The van der Waals surface area contributed by atoms with Gasteiger partial charge in [-0.05, 0) is 44.9 Å². The van der Waals surface area contributed by atoms with E-state index in [0.717, 1.165) is 71.0 Å². The first-order valence-corrected chi connectivity index (χ1v) is 29.9. The lowest BCUT2D eigenvalue weighted by molar-refractivity contribution is -0.149. The van der Waals surface area contributed by atoms with Gasteiger partial charge in [-0.15, -0.1) is 0 Å². The molecule has 16 nitrogen and oxygen atoms in total. The van der Waals surface area contributed by atoms with Crippen LogP contribution >= 0.6 is 0 Å². The van der Waals surface area contributed by atoms with Crippen molar-refractivity contribution in [1.29, 1.82) is 0 Å². The Balaban J connectivity index is 0.000000344. The molecule has 0 aromatic rings. The van der Waals surface area contributed by atoms with Gasteiger partial charge in [0, 0.05) is 77.5 Å². The number of carbonyl (C=O) groups excluding carboxylic acids is 8.